The summed E-state index contributed by atoms with van der Waals surface area (Å²) in [5.74, 6) is -0.377. The molecule has 4 heteroatoms. The van der Waals surface area contributed by atoms with Gasteiger partial charge < -0.3 is 9.84 Å². The minimum Gasteiger partial charge on any atom is -0.512 e. The molecule has 0 amide bonds. The maximum atomic E-state index is 13.0. The predicted molar refractivity (Wildman–Crippen MR) is 108 cm³/mol. The van der Waals surface area contributed by atoms with Crippen LogP contribution in [0.5, 0.6) is 0 Å². The van der Waals surface area contributed by atoms with Crippen LogP contribution < -0.4 is 0 Å². The van der Waals surface area contributed by atoms with Crippen LogP contribution in [0.25, 0.3) is 0 Å². The lowest BCUT2D eigenvalue weighted by Gasteiger charge is -2.40. The van der Waals surface area contributed by atoms with Crippen molar-refractivity contribution in [3.05, 3.63) is 59.0 Å². The fraction of sp³-hybridized carbons (Fsp3) is 0.500. The molecule has 0 saturated heterocycles. The maximum Gasteiger partial charge on any atom is 0.338 e. The van der Waals surface area contributed by atoms with Gasteiger partial charge in [-0.1, -0.05) is 68.2 Å². The predicted octanol–water partition coefficient (Wildman–Crippen LogP) is 5.67. The van der Waals surface area contributed by atoms with Crippen LogP contribution in [0, 0.1) is 0 Å². The molecule has 2 aliphatic rings. The molecule has 1 aliphatic carbocycles. The molecule has 1 heterocycles. The lowest BCUT2D eigenvalue weighted by Crippen LogP contribution is -2.42. The molecule has 1 atom stereocenters. The third-order valence-electron chi connectivity index (χ3n) is 5.35. The Morgan fingerprint density at radius 3 is 2.35 bits per heavy atom. The van der Waals surface area contributed by atoms with Gasteiger partial charge in [-0.3, -0.25) is 0 Å². The number of rotatable bonds is 4. The fourth-order valence-corrected chi connectivity index (χ4v) is 4.78. The Labute approximate surface area is 157 Å². The number of aliphatic hydroxyl groups is 1. The van der Waals surface area contributed by atoms with Gasteiger partial charge in [0.05, 0.1) is 13.6 Å². The van der Waals surface area contributed by atoms with Crippen molar-refractivity contribution in [1.29, 1.82) is 0 Å². The normalized spacial score (nSPS) is 21.9. The van der Waals surface area contributed by atoms with E-state index in [-0.39, 0.29) is 17.6 Å². The first-order valence-electron chi connectivity index (χ1n) is 9.69. The number of benzene rings is 1. The Bertz CT molecular complexity index is 707. The first kappa shape index (κ1) is 19.0. The van der Waals surface area contributed by atoms with Crippen molar-refractivity contribution in [2.24, 2.45) is 0 Å². The smallest absolute Gasteiger partial charge is 0.338 e. The molecule has 1 N–H and O–H groups in total. The lowest BCUT2D eigenvalue weighted by molar-refractivity contribution is -0.163. The van der Waals surface area contributed by atoms with Crippen molar-refractivity contribution in [3.63, 3.8) is 0 Å². The first-order chi connectivity index (χ1) is 12.3. The van der Waals surface area contributed by atoms with Gasteiger partial charge in [0, 0.05) is 12.3 Å². The van der Waals surface area contributed by atoms with E-state index >= 15 is 0 Å². The Kier molecular flexibility index (Phi) is 5.42. The highest BCUT2D eigenvalue weighted by molar-refractivity contribution is 6.80. The van der Waals surface area contributed by atoms with E-state index in [9.17, 15) is 9.90 Å². The van der Waals surface area contributed by atoms with Crippen molar-refractivity contribution in [3.8, 4) is 0 Å². The highest BCUT2D eigenvalue weighted by Crippen LogP contribution is 2.43. The van der Waals surface area contributed by atoms with Gasteiger partial charge in [0.25, 0.3) is 0 Å². The zero-order valence-electron chi connectivity index (χ0n) is 16.1. The van der Waals surface area contributed by atoms with Gasteiger partial charge in [-0.25, -0.2) is 4.79 Å². The summed E-state index contributed by atoms with van der Waals surface area (Å²) < 4.78 is 5.95. The quantitative estimate of drug-likeness (QED) is 0.549. The number of hydrogen-bond acceptors (Lipinski definition) is 3. The molecule has 0 radical (unpaired) electrons. The van der Waals surface area contributed by atoms with E-state index in [1.54, 1.807) is 0 Å². The molecule has 1 fully saturated rings. The Morgan fingerprint density at radius 2 is 1.77 bits per heavy atom. The molecule has 0 aromatic heterocycles. The first-order valence-corrected chi connectivity index (χ1v) is 13.3. The zero-order valence-corrected chi connectivity index (χ0v) is 17.1. The van der Waals surface area contributed by atoms with Gasteiger partial charge in [0.2, 0.25) is 0 Å². The van der Waals surface area contributed by atoms with Crippen LogP contribution in [-0.2, 0) is 9.53 Å². The van der Waals surface area contributed by atoms with Crippen molar-refractivity contribution in [2.75, 3.05) is 0 Å². The summed E-state index contributed by atoms with van der Waals surface area (Å²) in [5, 5.41) is 10.9. The minimum absolute atomic E-state index is 0.220. The largest absolute Gasteiger partial charge is 0.512 e. The second-order valence-corrected chi connectivity index (χ2v) is 13.8. The Morgan fingerprint density at radius 1 is 1.12 bits per heavy atom. The molecule has 26 heavy (non-hydrogen) atoms. The average Bonchev–Trinajstić information content (AvgIpc) is 2.57. The fourth-order valence-electron chi connectivity index (χ4n) is 4.01. The molecular formula is C22H30O3Si. The van der Waals surface area contributed by atoms with E-state index in [1.807, 2.05) is 30.3 Å². The number of hydrogen-bond donors (Lipinski definition) is 1. The number of esters is 1. The zero-order chi connectivity index (χ0) is 18.8. The summed E-state index contributed by atoms with van der Waals surface area (Å²) in [6, 6.07) is 9.93. The van der Waals surface area contributed by atoms with E-state index in [1.165, 1.54) is 6.42 Å². The molecule has 3 rings (SSSR count). The van der Waals surface area contributed by atoms with Gasteiger partial charge in [-0.15, -0.1) is 0 Å². The molecule has 1 unspecified atom stereocenters. The van der Waals surface area contributed by atoms with Crippen LogP contribution in [0.3, 0.4) is 0 Å². The van der Waals surface area contributed by atoms with E-state index < -0.39 is 13.7 Å². The highest BCUT2D eigenvalue weighted by atomic mass is 28.3. The van der Waals surface area contributed by atoms with E-state index in [2.05, 4.69) is 31.4 Å². The topological polar surface area (TPSA) is 46.5 Å². The standard InChI is InChI=1S/C22H30O3Si/c1-26(2,3)15-12-18(17-10-6-4-7-11-17)20-19(23)16-22(25-21(20)24)13-8-5-9-14-22/h4,6-7,10-12,15,18,23H,5,8-9,13-14,16H2,1-3H3/b15-12+. The average molecular weight is 371 g/mol. The molecule has 1 aromatic rings. The molecule has 1 aromatic carbocycles. The van der Waals surface area contributed by atoms with Gasteiger partial charge in [-0.2, -0.15) is 0 Å². The number of carbonyl (C=O) groups is 1. The second kappa shape index (κ2) is 7.43. The van der Waals surface area contributed by atoms with E-state index in [4.69, 9.17) is 4.74 Å². The van der Waals surface area contributed by atoms with Crippen LogP contribution in [-0.4, -0.2) is 24.8 Å². The molecule has 1 aliphatic heterocycles. The number of carbonyl (C=O) groups excluding carboxylic acids is 1. The second-order valence-electron chi connectivity index (χ2n) is 8.78. The van der Waals surface area contributed by atoms with Gasteiger partial charge >= 0.3 is 5.97 Å². The maximum absolute atomic E-state index is 13.0. The molecule has 3 nitrogen and oxygen atoms in total. The third-order valence-corrected chi connectivity index (χ3v) is 6.55. The minimum atomic E-state index is -1.44. The summed E-state index contributed by atoms with van der Waals surface area (Å²) in [6.07, 6.45) is 7.57. The monoisotopic (exact) mass is 370 g/mol. The van der Waals surface area contributed by atoms with Gasteiger partial charge in [0.1, 0.15) is 11.4 Å². The summed E-state index contributed by atoms with van der Waals surface area (Å²) in [5.41, 5.74) is 3.19. The van der Waals surface area contributed by atoms with Crippen LogP contribution in [0.4, 0.5) is 0 Å². The molecular weight excluding hydrogens is 340 g/mol. The highest BCUT2D eigenvalue weighted by Gasteiger charge is 2.44. The molecule has 1 spiro atoms. The van der Waals surface area contributed by atoms with Crippen molar-refractivity contribution < 1.29 is 14.6 Å². The SMILES string of the molecule is C[Si](C)(C)/C=C/C(C1=C(O)CC2(CCCCC2)OC1=O)c1ccccc1. The van der Waals surface area contributed by atoms with E-state index in [0.717, 1.165) is 31.2 Å². The number of ether oxygens (including phenoxy) is 1. The summed E-state index contributed by atoms with van der Waals surface area (Å²) in [4.78, 5) is 13.0. The summed E-state index contributed by atoms with van der Waals surface area (Å²) >= 11 is 0. The van der Waals surface area contributed by atoms with Crippen LogP contribution >= 0.6 is 0 Å². The van der Waals surface area contributed by atoms with Gasteiger partial charge in [-0.05, 0) is 31.2 Å². The van der Waals surface area contributed by atoms with Crippen molar-refractivity contribution in [2.45, 2.75) is 69.7 Å². The molecule has 140 valence electrons. The van der Waals surface area contributed by atoms with Crippen LogP contribution in [0.15, 0.2) is 53.4 Å². The third kappa shape index (κ3) is 4.29. The lowest BCUT2D eigenvalue weighted by atomic mass is 9.78. The van der Waals surface area contributed by atoms with Gasteiger partial charge in [0.15, 0.2) is 0 Å². The van der Waals surface area contributed by atoms with Crippen LogP contribution in [0.1, 0.15) is 50.0 Å². The Hall–Kier alpha value is -1.81. The summed E-state index contributed by atoms with van der Waals surface area (Å²) in [6.45, 7) is 6.78. The Balaban J connectivity index is 1.99. The molecule has 1 saturated carbocycles. The van der Waals surface area contributed by atoms with E-state index in [0.29, 0.717) is 12.0 Å². The molecule has 0 bridgehead atoms. The van der Waals surface area contributed by atoms with Crippen molar-refractivity contribution >= 4 is 14.0 Å². The number of aliphatic hydroxyl groups excluding tert-OH is 1. The number of allylic oxidation sites excluding steroid dienone is 1. The van der Waals surface area contributed by atoms with Crippen LogP contribution in [0.2, 0.25) is 19.6 Å². The summed E-state index contributed by atoms with van der Waals surface area (Å²) in [7, 11) is -1.44. The van der Waals surface area contributed by atoms with Crippen molar-refractivity contribution in [1.82, 2.24) is 0 Å².